The number of carbonyl (C=O) groups is 1. The van der Waals surface area contributed by atoms with Crippen LogP contribution in [0.3, 0.4) is 0 Å². The van der Waals surface area contributed by atoms with Crippen molar-refractivity contribution in [2.24, 2.45) is 18.9 Å². The van der Waals surface area contributed by atoms with E-state index < -0.39 is 0 Å². The van der Waals surface area contributed by atoms with E-state index in [-0.39, 0.29) is 11.5 Å². The molecule has 0 N–H and O–H groups in total. The van der Waals surface area contributed by atoms with Crippen molar-refractivity contribution in [2.75, 3.05) is 18.8 Å². The Hall–Kier alpha value is -1.34. The van der Waals surface area contributed by atoms with Crippen LogP contribution in [0.25, 0.3) is 10.2 Å². The molecule has 0 unspecified atom stereocenters. The van der Waals surface area contributed by atoms with E-state index in [1.165, 1.54) is 28.6 Å². The number of aromatic nitrogens is 2. The summed E-state index contributed by atoms with van der Waals surface area (Å²) in [5, 5.41) is 1.45. The number of carbonyl (C=O) groups excluding carboxylic acids is 1. The van der Waals surface area contributed by atoms with E-state index in [0.29, 0.717) is 22.7 Å². The summed E-state index contributed by atoms with van der Waals surface area (Å²) in [6.07, 6.45) is 4.37. The molecule has 7 heteroatoms. The topological polar surface area (TPSA) is 55.2 Å². The Morgan fingerprint density at radius 3 is 2.73 bits per heavy atom. The van der Waals surface area contributed by atoms with E-state index in [2.05, 4.69) is 13.8 Å². The summed E-state index contributed by atoms with van der Waals surface area (Å²) in [6, 6.07) is 0. The Kier molecular flexibility index (Phi) is 4.86. The Morgan fingerprint density at radius 2 is 2.00 bits per heavy atom. The highest BCUT2D eigenvalue weighted by Gasteiger charge is 2.26. The molecule has 1 fully saturated rings. The van der Waals surface area contributed by atoms with Crippen molar-refractivity contribution in [3.8, 4) is 0 Å². The van der Waals surface area contributed by atoms with Gasteiger partial charge in [-0.05, 0) is 43.1 Å². The van der Waals surface area contributed by atoms with Gasteiger partial charge in [0.15, 0.2) is 5.16 Å². The fourth-order valence-electron chi connectivity index (χ4n) is 4.32. The third-order valence-electron chi connectivity index (χ3n) is 5.45. The maximum atomic E-state index is 12.8. The van der Waals surface area contributed by atoms with Crippen molar-refractivity contribution in [2.45, 2.75) is 44.7 Å². The van der Waals surface area contributed by atoms with Gasteiger partial charge < -0.3 is 4.90 Å². The lowest BCUT2D eigenvalue weighted by atomic mass is 9.92. The van der Waals surface area contributed by atoms with E-state index in [1.807, 2.05) is 4.90 Å². The number of thioether (sulfide) groups is 1. The summed E-state index contributed by atoms with van der Waals surface area (Å²) >= 11 is 3.04. The van der Waals surface area contributed by atoms with Crippen LogP contribution in [0.2, 0.25) is 0 Å². The van der Waals surface area contributed by atoms with Gasteiger partial charge in [0.25, 0.3) is 5.56 Å². The lowest BCUT2D eigenvalue weighted by Crippen LogP contribution is -2.43. The van der Waals surface area contributed by atoms with Crippen molar-refractivity contribution < 1.29 is 4.79 Å². The molecule has 1 aliphatic carbocycles. The van der Waals surface area contributed by atoms with Crippen LogP contribution in [0.15, 0.2) is 9.95 Å². The summed E-state index contributed by atoms with van der Waals surface area (Å²) in [6.45, 7) is 6.09. The molecule has 140 valence electrons. The Balaban J connectivity index is 1.53. The second-order valence-corrected chi connectivity index (χ2v) is 9.86. The van der Waals surface area contributed by atoms with Crippen LogP contribution in [-0.2, 0) is 24.7 Å². The van der Waals surface area contributed by atoms with Crippen molar-refractivity contribution in [3.63, 3.8) is 0 Å². The largest absolute Gasteiger partial charge is 0.341 e. The molecule has 2 aliphatic rings. The number of likely N-dealkylation sites (tertiary alicyclic amines) is 1. The zero-order valence-corrected chi connectivity index (χ0v) is 17.2. The van der Waals surface area contributed by atoms with Crippen molar-refractivity contribution >= 4 is 39.2 Å². The highest BCUT2D eigenvalue weighted by atomic mass is 32.2. The van der Waals surface area contributed by atoms with Crippen molar-refractivity contribution in [3.05, 3.63) is 20.8 Å². The third kappa shape index (κ3) is 3.20. The summed E-state index contributed by atoms with van der Waals surface area (Å²) in [5.41, 5.74) is 1.24. The predicted octanol–water partition coefficient (Wildman–Crippen LogP) is 3.08. The van der Waals surface area contributed by atoms with Crippen LogP contribution in [0.5, 0.6) is 0 Å². The fourth-order valence-corrected chi connectivity index (χ4v) is 6.50. The lowest BCUT2D eigenvalue weighted by Gasteiger charge is -2.35. The van der Waals surface area contributed by atoms with Gasteiger partial charge in [0, 0.05) is 25.0 Å². The lowest BCUT2D eigenvalue weighted by molar-refractivity contribution is -0.130. The summed E-state index contributed by atoms with van der Waals surface area (Å²) in [5.74, 6) is 1.60. The van der Waals surface area contributed by atoms with E-state index in [1.54, 1.807) is 23.0 Å². The van der Waals surface area contributed by atoms with Gasteiger partial charge in [0.2, 0.25) is 5.91 Å². The highest BCUT2D eigenvalue weighted by molar-refractivity contribution is 7.99. The molecule has 26 heavy (non-hydrogen) atoms. The number of amides is 1. The van der Waals surface area contributed by atoms with Crippen LogP contribution in [0, 0.1) is 11.8 Å². The molecule has 2 aromatic heterocycles. The molecule has 2 aromatic rings. The molecular weight excluding hydrogens is 366 g/mol. The fraction of sp³-hybridized carbons (Fsp3) is 0.632. The number of hydrogen-bond acceptors (Lipinski definition) is 5. The molecule has 1 amide bonds. The van der Waals surface area contributed by atoms with E-state index in [0.717, 1.165) is 42.6 Å². The van der Waals surface area contributed by atoms with Crippen molar-refractivity contribution in [1.29, 1.82) is 0 Å². The smallest absolute Gasteiger partial charge is 0.262 e. The number of hydrogen-bond donors (Lipinski definition) is 0. The molecule has 2 atom stereocenters. The first-order chi connectivity index (χ1) is 12.4. The molecule has 0 spiro atoms. The Labute approximate surface area is 161 Å². The minimum atomic E-state index is 0.0320. The van der Waals surface area contributed by atoms with Crippen LogP contribution < -0.4 is 5.56 Å². The third-order valence-corrected chi connectivity index (χ3v) is 7.65. The molecule has 4 rings (SSSR count). The average Bonchev–Trinajstić information content (AvgIpc) is 3.16. The minimum absolute atomic E-state index is 0.0320. The number of fused-ring (bicyclic) bond motifs is 3. The average molecular weight is 392 g/mol. The quantitative estimate of drug-likeness (QED) is 0.596. The molecule has 1 aliphatic heterocycles. The van der Waals surface area contributed by atoms with Gasteiger partial charge >= 0.3 is 0 Å². The van der Waals surface area contributed by atoms with Gasteiger partial charge in [-0.2, -0.15) is 0 Å². The predicted molar refractivity (Wildman–Crippen MR) is 107 cm³/mol. The molecule has 0 saturated carbocycles. The second kappa shape index (κ2) is 7.00. The minimum Gasteiger partial charge on any atom is -0.341 e. The van der Waals surface area contributed by atoms with Crippen molar-refractivity contribution in [1.82, 2.24) is 14.5 Å². The molecule has 0 bridgehead atoms. The molecule has 0 aromatic carbocycles. The maximum Gasteiger partial charge on any atom is 0.262 e. The van der Waals surface area contributed by atoms with E-state index in [4.69, 9.17) is 4.98 Å². The summed E-state index contributed by atoms with van der Waals surface area (Å²) in [4.78, 5) is 34.3. The summed E-state index contributed by atoms with van der Waals surface area (Å²) in [7, 11) is 1.77. The highest BCUT2D eigenvalue weighted by Crippen LogP contribution is 2.35. The number of thiophene rings is 1. The maximum absolute atomic E-state index is 12.8. The van der Waals surface area contributed by atoms with E-state index >= 15 is 0 Å². The molecular formula is C19H25N3O2S2. The monoisotopic (exact) mass is 391 g/mol. The molecule has 5 nitrogen and oxygen atoms in total. The van der Waals surface area contributed by atoms with Gasteiger partial charge in [-0.15, -0.1) is 11.3 Å². The van der Waals surface area contributed by atoms with Gasteiger partial charge in [0.1, 0.15) is 4.83 Å². The first-order valence-corrected chi connectivity index (χ1v) is 11.2. The first kappa shape index (κ1) is 18.0. The van der Waals surface area contributed by atoms with Gasteiger partial charge in [-0.1, -0.05) is 25.6 Å². The standard InChI is InChI=1S/C19H25N3O2S2/c1-11-7-12(2)9-22(8-11)15(23)10-25-19-20-17-16(18(24)21(19)3)13-5-4-6-14(13)26-17/h11-12H,4-10H2,1-3H3/t11-,12-/m0/s1. The van der Waals surface area contributed by atoms with Crippen LogP contribution in [0.4, 0.5) is 0 Å². The number of aryl methyl sites for hydroxylation is 2. The molecule has 3 heterocycles. The van der Waals surface area contributed by atoms with Crippen LogP contribution >= 0.6 is 23.1 Å². The Morgan fingerprint density at radius 1 is 1.27 bits per heavy atom. The molecule has 1 saturated heterocycles. The Bertz CT molecular complexity index is 908. The summed E-state index contributed by atoms with van der Waals surface area (Å²) < 4.78 is 1.62. The second-order valence-electron chi connectivity index (χ2n) is 7.83. The van der Waals surface area contributed by atoms with E-state index in [9.17, 15) is 9.59 Å². The zero-order chi connectivity index (χ0) is 18.4. The SMILES string of the molecule is C[C@H]1C[C@H](C)CN(C(=O)CSc2nc3sc4c(c3c(=O)n2C)CCC4)C1. The van der Waals surface area contributed by atoms with Crippen LogP contribution in [-0.4, -0.2) is 39.2 Å². The van der Waals surface area contributed by atoms with Crippen LogP contribution in [0.1, 0.15) is 37.1 Å². The number of rotatable bonds is 3. The van der Waals surface area contributed by atoms with Gasteiger partial charge in [-0.3, -0.25) is 14.2 Å². The number of nitrogens with zero attached hydrogens (tertiary/aromatic N) is 3. The number of piperidine rings is 1. The zero-order valence-electron chi connectivity index (χ0n) is 15.6. The normalized spacial score (nSPS) is 22.8. The van der Waals surface area contributed by atoms with Gasteiger partial charge in [0.05, 0.1) is 11.1 Å². The van der Waals surface area contributed by atoms with Gasteiger partial charge in [-0.25, -0.2) is 4.98 Å². The first-order valence-electron chi connectivity index (χ1n) is 9.36. The molecule has 0 radical (unpaired) electrons.